The van der Waals surface area contributed by atoms with Gasteiger partial charge in [0, 0.05) is 11.8 Å². The minimum Gasteiger partial charge on any atom is -0.392 e. The molecule has 1 saturated carbocycles. The molecule has 6 aliphatic rings. The summed E-state index contributed by atoms with van der Waals surface area (Å²) >= 11 is 0. The normalized spacial score (nSPS) is 42.3. The molecule has 2 fully saturated rings. The van der Waals surface area contributed by atoms with Gasteiger partial charge in [-0.15, -0.1) is 0 Å². The Balaban J connectivity index is 1.72. The molecular formula is C23H16O3. The van der Waals surface area contributed by atoms with E-state index in [9.17, 15) is 9.59 Å². The quantitative estimate of drug-likeness (QED) is 0.419. The number of allylic oxidation sites excluding steroid dienone is 2. The van der Waals surface area contributed by atoms with Crippen molar-refractivity contribution in [1.29, 1.82) is 0 Å². The molecule has 4 bridgehead atoms. The van der Waals surface area contributed by atoms with E-state index in [1.165, 1.54) is 22.3 Å². The molecule has 126 valence electrons. The van der Waals surface area contributed by atoms with E-state index in [-0.39, 0.29) is 35.6 Å². The molecule has 2 aromatic rings. The van der Waals surface area contributed by atoms with E-state index < -0.39 is 10.8 Å². The van der Waals surface area contributed by atoms with Gasteiger partial charge >= 0.3 is 11.9 Å². The van der Waals surface area contributed by atoms with Crippen LogP contribution in [0.25, 0.3) is 0 Å². The molecule has 0 unspecified atom stereocenters. The van der Waals surface area contributed by atoms with Gasteiger partial charge in [0.25, 0.3) is 0 Å². The zero-order valence-electron chi connectivity index (χ0n) is 14.0. The number of fused-ring (bicyclic) bond motifs is 2. The Labute approximate surface area is 150 Å². The second-order valence-corrected chi connectivity index (χ2v) is 8.37. The fourth-order valence-corrected chi connectivity index (χ4v) is 7.41. The van der Waals surface area contributed by atoms with Crippen molar-refractivity contribution in [3.05, 3.63) is 82.9 Å². The van der Waals surface area contributed by atoms with Crippen LogP contribution in [0, 0.1) is 22.7 Å². The summed E-state index contributed by atoms with van der Waals surface area (Å²) in [5.41, 5.74) is 3.30. The summed E-state index contributed by atoms with van der Waals surface area (Å²) in [4.78, 5) is 26.7. The van der Waals surface area contributed by atoms with Crippen molar-refractivity contribution in [3.63, 3.8) is 0 Å². The summed E-state index contributed by atoms with van der Waals surface area (Å²) in [7, 11) is 0. The van der Waals surface area contributed by atoms with Crippen molar-refractivity contribution in [2.75, 3.05) is 0 Å². The molecule has 0 radical (unpaired) electrons. The molecule has 0 spiro atoms. The number of hydrogen-bond acceptors (Lipinski definition) is 3. The molecule has 5 aliphatic carbocycles. The maximum atomic E-state index is 13.3. The molecule has 0 amide bonds. The Kier molecular flexibility index (Phi) is 2.00. The fourth-order valence-electron chi connectivity index (χ4n) is 7.41. The molecule has 1 heterocycles. The highest BCUT2D eigenvalue weighted by molar-refractivity contribution is 6.07. The zero-order valence-corrected chi connectivity index (χ0v) is 14.0. The highest BCUT2D eigenvalue weighted by atomic mass is 16.6. The molecule has 8 rings (SSSR count). The summed E-state index contributed by atoms with van der Waals surface area (Å²) in [5, 5.41) is 0. The van der Waals surface area contributed by atoms with Gasteiger partial charge in [0.1, 0.15) is 10.8 Å². The van der Waals surface area contributed by atoms with E-state index in [0.29, 0.717) is 0 Å². The first-order chi connectivity index (χ1) is 12.7. The van der Waals surface area contributed by atoms with Crippen LogP contribution in [0.4, 0.5) is 0 Å². The van der Waals surface area contributed by atoms with Crippen LogP contribution in [0.1, 0.15) is 40.5 Å². The summed E-state index contributed by atoms with van der Waals surface area (Å²) in [6.07, 6.45) is 5.24. The fraction of sp³-hybridized carbons (Fsp3) is 0.304. The number of carbonyl (C=O) groups excluding carboxylic acids is 2. The van der Waals surface area contributed by atoms with E-state index in [1.807, 2.05) is 24.3 Å². The lowest BCUT2D eigenvalue weighted by molar-refractivity contribution is -0.157. The van der Waals surface area contributed by atoms with Crippen molar-refractivity contribution in [1.82, 2.24) is 0 Å². The van der Waals surface area contributed by atoms with Gasteiger partial charge in [0.15, 0.2) is 0 Å². The van der Waals surface area contributed by atoms with Crippen LogP contribution >= 0.6 is 0 Å². The molecular weight excluding hydrogens is 324 g/mol. The number of ether oxygens (including phenoxy) is 1. The summed E-state index contributed by atoms with van der Waals surface area (Å²) in [6, 6.07) is 16.8. The molecule has 1 saturated heterocycles. The van der Waals surface area contributed by atoms with E-state index in [2.05, 4.69) is 36.4 Å². The van der Waals surface area contributed by atoms with Gasteiger partial charge in [0.05, 0.1) is 0 Å². The SMILES string of the molecule is O=C1OC(=O)[C@]23C4c5ccccc5C(c5ccccc54)[C@]12[C@@H]1C=C[C@H]3C1. The predicted octanol–water partition coefficient (Wildman–Crippen LogP) is 3.54. The first-order valence-corrected chi connectivity index (χ1v) is 9.35. The maximum absolute atomic E-state index is 13.3. The number of rotatable bonds is 0. The second kappa shape index (κ2) is 3.85. The molecule has 3 nitrogen and oxygen atoms in total. The van der Waals surface area contributed by atoms with Gasteiger partial charge in [-0.3, -0.25) is 9.59 Å². The minimum absolute atomic E-state index is 0.0839. The van der Waals surface area contributed by atoms with Crippen LogP contribution in [0.5, 0.6) is 0 Å². The van der Waals surface area contributed by atoms with E-state index in [4.69, 9.17) is 4.74 Å². The zero-order chi connectivity index (χ0) is 17.3. The molecule has 1 aliphatic heterocycles. The van der Waals surface area contributed by atoms with Crippen LogP contribution in [0.15, 0.2) is 60.7 Å². The topological polar surface area (TPSA) is 43.4 Å². The highest BCUT2D eigenvalue weighted by Crippen LogP contribution is 2.82. The van der Waals surface area contributed by atoms with Crippen molar-refractivity contribution in [2.45, 2.75) is 18.3 Å². The highest BCUT2D eigenvalue weighted by Gasteiger charge is 2.86. The average molecular weight is 340 g/mol. The van der Waals surface area contributed by atoms with Gasteiger partial charge in [-0.1, -0.05) is 60.7 Å². The maximum Gasteiger partial charge on any atom is 0.322 e. The monoisotopic (exact) mass is 340 g/mol. The van der Waals surface area contributed by atoms with Crippen LogP contribution in [-0.4, -0.2) is 11.9 Å². The Morgan fingerprint density at radius 1 is 0.692 bits per heavy atom. The number of esters is 2. The lowest BCUT2D eigenvalue weighted by atomic mass is 9.38. The Bertz CT molecular complexity index is 953. The summed E-state index contributed by atoms with van der Waals surface area (Å²) in [5.74, 6) is -0.615. The second-order valence-electron chi connectivity index (χ2n) is 8.37. The van der Waals surface area contributed by atoms with Crippen molar-refractivity contribution < 1.29 is 14.3 Å². The van der Waals surface area contributed by atoms with Crippen LogP contribution in [0.3, 0.4) is 0 Å². The molecule has 0 N–H and O–H groups in total. The molecule has 4 atom stereocenters. The lowest BCUT2D eigenvalue weighted by Gasteiger charge is -2.59. The Hall–Kier alpha value is -2.68. The van der Waals surface area contributed by atoms with Crippen molar-refractivity contribution >= 4 is 11.9 Å². The van der Waals surface area contributed by atoms with Crippen LogP contribution < -0.4 is 0 Å². The number of hydrogen-bond donors (Lipinski definition) is 0. The number of benzene rings is 2. The number of carbonyl (C=O) groups is 2. The lowest BCUT2D eigenvalue weighted by Crippen LogP contribution is -2.60. The van der Waals surface area contributed by atoms with Crippen LogP contribution in [-0.2, 0) is 14.3 Å². The largest absolute Gasteiger partial charge is 0.392 e. The average Bonchev–Trinajstić information content (AvgIpc) is 3.34. The van der Waals surface area contributed by atoms with Crippen LogP contribution in [0.2, 0.25) is 0 Å². The molecule has 2 aromatic carbocycles. The van der Waals surface area contributed by atoms with E-state index in [1.54, 1.807) is 0 Å². The number of cyclic esters (lactones) is 2. The smallest absolute Gasteiger partial charge is 0.322 e. The standard InChI is InChI=1S/C23H16O3/c24-20-22-12-9-10-13(11-12)23(22,21(25)26-20)19-15-6-2-1-5-14(15)18(22)16-7-3-4-8-17(16)19/h1-10,12-13,18-19H,11H2/t12-,13+,18?,19?,22-,23+. The van der Waals surface area contributed by atoms with E-state index in [0.717, 1.165) is 6.42 Å². The third-order valence-electron chi connectivity index (χ3n) is 7.95. The van der Waals surface area contributed by atoms with Gasteiger partial charge in [-0.2, -0.15) is 0 Å². The Morgan fingerprint density at radius 2 is 1.08 bits per heavy atom. The van der Waals surface area contributed by atoms with Gasteiger partial charge in [-0.25, -0.2) is 0 Å². The minimum atomic E-state index is -0.767. The first kappa shape index (κ1) is 13.5. The summed E-state index contributed by atoms with van der Waals surface area (Å²) < 4.78 is 5.46. The van der Waals surface area contributed by atoms with Gasteiger partial charge in [0.2, 0.25) is 0 Å². The summed E-state index contributed by atoms with van der Waals surface area (Å²) in [6.45, 7) is 0. The molecule has 26 heavy (non-hydrogen) atoms. The van der Waals surface area contributed by atoms with Gasteiger partial charge in [-0.05, 0) is 40.5 Å². The van der Waals surface area contributed by atoms with Crippen molar-refractivity contribution in [3.8, 4) is 0 Å². The van der Waals surface area contributed by atoms with Crippen molar-refractivity contribution in [2.24, 2.45) is 22.7 Å². The third-order valence-corrected chi connectivity index (χ3v) is 7.95. The van der Waals surface area contributed by atoms with Gasteiger partial charge < -0.3 is 4.74 Å². The Morgan fingerprint density at radius 3 is 1.46 bits per heavy atom. The van der Waals surface area contributed by atoms with E-state index >= 15 is 0 Å². The molecule has 3 heteroatoms. The first-order valence-electron chi connectivity index (χ1n) is 9.35. The predicted molar refractivity (Wildman–Crippen MR) is 93.3 cm³/mol. The third kappa shape index (κ3) is 1.01. The molecule has 0 aromatic heterocycles.